The number of halogens is 1. The van der Waals surface area contributed by atoms with Crippen molar-refractivity contribution in [1.29, 1.82) is 0 Å². The maximum Gasteiger partial charge on any atom is 0.338 e. The molecule has 3 rings (SSSR count). The third-order valence-corrected chi connectivity index (χ3v) is 3.92. The molecule has 1 aliphatic heterocycles. The molecule has 17 heavy (non-hydrogen) atoms. The van der Waals surface area contributed by atoms with Gasteiger partial charge in [-0.15, -0.1) is 0 Å². The lowest BCUT2D eigenvalue weighted by Gasteiger charge is -2.24. The van der Waals surface area contributed by atoms with E-state index in [9.17, 15) is 4.79 Å². The third kappa shape index (κ3) is 1.93. The summed E-state index contributed by atoms with van der Waals surface area (Å²) in [5, 5.41) is 4.61. The first-order valence-corrected chi connectivity index (χ1v) is 6.53. The number of benzene rings is 1. The van der Waals surface area contributed by atoms with E-state index in [-0.39, 0.29) is 11.7 Å². The molecule has 1 saturated carbocycles. The second-order valence-electron chi connectivity index (χ2n) is 4.83. The summed E-state index contributed by atoms with van der Waals surface area (Å²) >= 11 is 3.39. The molecular weight excluding hydrogens is 282 g/mol. The second-order valence-corrected chi connectivity index (χ2v) is 5.75. The van der Waals surface area contributed by atoms with E-state index in [0.717, 1.165) is 10.2 Å². The van der Waals surface area contributed by atoms with Crippen LogP contribution in [0.15, 0.2) is 28.7 Å². The molecule has 1 aromatic carbocycles. The number of carbonyl (C=O) groups excluding carboxylic acids is 1. The van der Waals surface area contributed by atoms with Crippen LogP contribution in [0.3, 0.4) is 0 Å². The maximum atomic E-state index is 11.9. The molecule has 0 spiro atoms. The second kappa shape index (κ2) is 3.71. The van der Waals surface area contributed by atoms with Crippen molar-refractivity contribution in [3.8, 4) is 0 Å². The molecule has 1 saturated heterocycles. The van der Waals surface area contributed by atoms with E-state index in [1.54, 1.807) is 5.01 Å². The summed E-state index contributed by atoms with van der Waals surface area (Å²) in [7, 11) is 0. The van der Waals surface area contributed by atoms with Crippen molar-refractivity contribution in [2.24, 2.45) is 5.92 Å². The molecule has 4 nitrogen and oxygen atoms in total. The Morgan fingerprint density at radius 3 is 2.59 bits per heavy atom. The number of anilines is 1. The van der Waals surface area contributed by atoms with Crippen molar-refractivity contribution in [3.05, 3.63) is 28.7 Å². The molecule has 1 atom stereocenters. The summed E-state index contributed by atoms with van der Waals surface area (Å²) in [6.07, 6.45) is 2.36. The smallest absolute Gasteiger partial charge is 0.317 e. The van der Waals surface area contributed by atoms with Crippen LogP contribution in [0.2, 0.25) is 0 Å². The van der Waals surface area contributed by atoms with E-state index < -0.39 is 0 Å². The van der Waals surface area contributed by atoms with Crippen molar-refractivity contribution in [2.45, 2.75) is 25.4 Å². The van der Waals surface area contributed by atoms with Crippen LogP contribution >= 0.6 is 15.9 Å². The Morgan fingerprint density at radius 2 is 2.00 bits per heavy atom. The third-order valence-electron chi connectivity index (χ3n) is 3.39. The summed E-state index contributed by atoms with van der Waals surface area (Å²) in [6.45, 7) is 2.04. The lowest BCUT2D eigenvalue weighted by molar-refractivity contribution is 0.245. The number of hydrogen-bond acceptors (Lipinski definition) is 2. The highest BCUT2D eigenvalue weighted by Crippen LogP contribution is 2.40. The Hall–Kier alpha value is -1.07. The first-order chi connectivity index (χ1) is 8.08. The number of rotatable bonds is 2. The van der Waals surface area contributed by atoms with E-state index in [1.165, 1.54) is 12.8 Å². The highest BCUT2D eigenvalue weighted by molar-refractivity contribution is 9.10. The lowest BCUT2D eigenvalue weighted by atomic mass is 10.1. The molecule has 1 aromatic rings. The minimum absolute atomic E-state index is 0.0817. The maximum absolute atomic E-state index is 11.9. The van der Waals surface area contributed by atoms with Crippen LogP contribution in [0.25, 0.3) is 0 Å². The Morgan fingerprint density at radius 1 is 1.35 bits per heavy atom. The number of carbonyl (C=O) groups is 1. The van der Waals surface area contributed by atoms with Crippen LogP contribution in [0.4, 0.5) is 10.5 Å². The standard InChI is InChI=1S/C12H14BrN3O/c1-12(8-2-3-8)14-11(17)16(15-12)10-6-4-9(13)5-7-10/h4-8,15H,2-3H2,1H3,(H,14,17). The van der Waals surface area contributed by atoms with Crippen molar-refractivity contribution in [3.63, 3.8) is 0 Å². The molecule has 1 unspecified atom stereocenters. The van der Waals surface area contributed by atoms with E-state index >= 15 is 0 Å². The molecule has 1 aliphatic carbocycles. The average Bonchev–Trinajstić information content (AvgIpc) is 3.08. The number of amides is 2. The van der Waals surface area contributed by atoms with Gasteiger partial charge in [-0.3, -0.25) is 0 Å². The summed E-state index contributed by atoms with van der Waals surface area (Å²) in [6, 6.07) is 7.60. The van der Waals surface area contributed by atoms with Gasteiger partial charge in [-0.1, -0.05) is 15.9 Å². The van der Waals surface area contributed by atoms with Crippen LogP contribution in [0.1, 0.15) is 19.8 Å². The first-order valence-electron chi connectivity index (χ1n) is 5.74. The Bertz CT molecular complexity index is 457. The van der Waals surface area contributed by atoms with E-state index in [2.05, 4.69) is 26.7 Å². The van der Waals surface area contributed by atoms with Crippen LogP contribution in [-0.4, -0.2) is 11.7 Å². The minimum atomic E-state index is -0.288. The molecule has 0 aromatic heterocycles. The van der Waals surface area contributed by atoms with Crippen molar-refractivity contribution < 1.29 is 4.79 Å². The number of hydrazine groups is 1. The number of urea groups is 1. The fraction of sp³-hybridized carbons (Fsp3) is 0.417. The molecule has 0 bridgehead atoms. The van der Waals surface area contributed by atoms with Gasteiger partial charge in [0, 0.05) is 4.47 Å². The van der Waals surface area contributed by atoms with Gasteiger partial charge in [0.1, 0.15) is 5.66 Å². The molecular formula is C12H14BrN3O. The zero-order chi connectivity index (χ0) is 12.0. The molecule has 1 heterocycles. The molecule has 2 amide bonds. The molecule has 2 N–H and O–H groups in total. The fourth-order valence-corrected chi connectivity index (χ4v) is 2.48. The van der Waals surface area contributed by atoms with Gasteiger partial charge in [0.05, 0.1) is 5.69 Å². The summed E-state index contributed by atoms with van der Waals surface area (Å²) < 4.78 is 1.01. The van der Waals surface area contributed by atoms with E-state index in [4.69, 9.17) is 0 Å². The molecule has 2 fully saturated rings. The topological polar surface area (TPSA) is 44.4 Å². The zero-order valence-electron chi connectivity index (χ0n) is 9.53. The molecule has 5 heteroatoms. The summed E-state index contributed by atoms with van der Waals surface area (Å²) in [4.78, 5) is 11.9. The van der Waals surface area contributed by atoms with Gasteiger partial charge in [-0.2, -0.15) is 0 Å². The molecule has 2 aliphatic rings. The van der Waals surface area contributed by atoms with Crippen LogP contribution in [-0.2, 0) is 0 Å². The SMILES string of the molecule is CC1(C2CC2)NC(=O)N(c2ccc(Br)cc2)N1. The predicted molar refractivity (Wildman–Crippen MR) is 69.4 cm³/mol. The summed E-state index contributed by atoms with van der Waals surface area (Å²) in [5.74, 6) is 0.548. The molecule has 90 valence electrons. The Labute approximate surface area is 108 Å². The Balaban J connectivity index is 1.84. The van der Waals surface area contributed by atoms with Crippen LogP contribution in [0, 0.1) is 5.92 Å². The van der Waals surface area contributed by atoms with Gasteiger partial charge in [0.25, 0.3) is 0 Å². The number of nitrogens with one attached hydrogen (secondary N) is 2. The van der Waals surface area contributed by atoms with Gasteiger partial charge < -0.3 is 5.32 Å². The Kier molecular flexibility index (Phi) is 2.41. The fourth-order valence-electron chi connectivity index (χ4n) is 2.22. The minimum Gasteiger partial charge on any atom is -0.317 e. The van der Waals surface area contributed by atoms with E-state index in [0.29, 0.717) is 5.92 Å². The lowest BCUT2D eigenvalue weighted by Crippen LogP contribution is -2.50. The monoisotopic (exact) mass is 295 g/mol. The van der Waals surface area contributed by atoms with E-state index in [1.807, 2.05) is 31.2 Å². The zero-order valence-corrected chi connectivity index (χ0v) is 11.1. The van der Waals surface area contributed by atoms with Gasteiger partial charge in [0.15, 0.2) is 0 Å². The van der Waals surface area contributed by atoms with Crippen molar-refractivity contribution >= 4 is 27.6 Å². The van der Waals surface area contributed by atoms with Crippen LogP contribution in [0.5, 0.6) is 0 Å². The average molecular weight is 296 g/mol. The predicted octanol–water partition coefficient (Wildman–Crippen LogP) is 2.61. The van der Waals surface area contributed by atoms with Crippen molar-refractivity contribution in [2.75, 3.05) is 5.01 Å². The quantitative estimate of drug-likeness (QED) is 0.881. The summed E-state index contributed by atoms with van der Waals surface area (Å²) in [5.41, 5.74) is 3.84. The number of hydrogen-bond donors (Lipinski definition) is 2. The van der Waals surface area contributed by atoms with Crippen LogP contribution < -0.4 is 15.8 Å². The highest BCUT2D eigenvalue weighted by atomic mass is 79.9. The first kappa shape index (κ1) is 11.0. The largest absolute Gasteiger partial charge is 0.338 e. The highest BCUT2D eigenvalue weighted by Gasteiger charge is 2.49. The van der Waals surface area contributed by atoms with Gasteiger partial charge >= 0.3 is 6.03 Å². The van der Waals surface area contributed by atoms with Gasteiger partial charge in [0.2, 0.25) is 0 Å². The van der Waals surface area contributed by atoms with Gasteiger partial charge in [-0.05, 0) is 49.9 Å². The van der Waals surface area contributed by atoms with Gasteiger partial charge in [-0.25, -0.2) is 15.2 Å². The van der Waals surface area contributed by atoms with Crippen molar-refractivity contribution in [1.82, 2.24) is 10.7 Å². The normalized spacial score (nSPS) is 28.4. The molecule has 0 radical (unpaired) electrons. The number of nitrogens with zero attached hydrogens (tertiary/aromatic N) is 1.